The molecule has 0 N–H and O–H groups in total. The molecule has 150 valence electrons. The minimum absolute atomic E-state index is 0.0635. The molecule has 1 aliphatic heterocycles. The molecule has 2 heterocycles. The average Bonchev–Trinajstić information content (AvgIpc) is 3.49. The Morgan fingerprint density at radius 1 is 1.07 bits per heavy atom. The summed E-state index contributed by atoms with van der Waals surface area (Å²) >= 11 is 3.08. The molecule has 0 radical (unpaired) electrons. The Bertz CT molecular complexity index is 1210. The van der Waals surface area contributed by atoms with E-state index in [9.17, 15) is 14.0 Å². The van der Waals surface area contributed by atoms with E-state index in [2.05, 4.69) is 17.1 Å². The molecule has 1 saturated heterocycles. The highest BCUT2D eigenvalue weighted by Crippen LogP contribution is 2.53. The van der Waals surface area contributed by atoms with E-state index >= 15 is 0 Å². The summed E-state index contributed by atoms with van der Waals surface area (Å²) in [6, 6.07) is 12.1. The highest BCUT2D eigenvalue weighted by atomic mass is 32.2. The van der Waals surface area contributed by atoms with Crippen molar-refractivity contribution in [3.05, 3.63) is 66.0 Å². The third-order valence-corrected chi connectivity index (χ3v) is 8.56. The maximum atomic E-state index is 13.4. The number of thioether (sulfide) groups is 1. The topological polar surface area (TPSA) is 50.3 Å². The monoisotopic (exact) mass is 436 g/mol. The first-order chi connectivity index (χ1) is 14.6. The number of allylic oxidation sites excluding steroid dienone is 2. The molecule has 3 aliphatic rings. The molecule has 2 aliphatic carbocycles. The quantitative estimate of drug-likeness (QED) is 0.327. The Morgan fingerprint density at radius 2 is 1.83 bits per heavy atom. The molecule has 6 rings (SSSR count). The number of halogens is 1. The van der Waals surface area contributed by atoms with Gasteiger partial charge in [0, 0.05) is 5.75 Å². The molecule has 4 atom stereocenters. The summed E-state index contributed by atoms with van der Waals surface area (Å²) in [7, 11) is 0. The lowest BCUT2D eigenvalue weighted by Gasteiger charge is -2.17. The van der Waals surface area contributed by atoms with Crippen LogP contribution in [-0.4, -0.2) is 16.8 Å². The Morgan fingerprint density at radius 3 is 2.57 bits per heavy atom. The summed E-state index contributed by atoms with van der Waals surface area (Å²) in [5.41, 5.74) is 2.38. The Balaban J connectivity index is 1.26. The Kier molecular flexibility index (Phi) is 4.11. The number of imide groups is 1. The zero-order valence-electron chi connectivity index (χ0n) is 15.8. The van der Waals surface area contributed by atoms with Crippen LogP contribution in [0.3, 0.4) is 0 Å². The number of carbonyl (C=O) groups is 2. The van der Waals surface area contributed by atoms with Gasteiger partial charge in [0.15, 0.2) is 4.34 Å². The van der Waals surface area contributed by atoms with Gasteiger partial charge in [0.05, 0.1) is 27.7 Å². The van der Waals surface area contributed by atoms with Gasteiger partial charge in [0.25, 0.3) is 0 Å². The first-order valence-electron chi connectivity index (χ1n) is 9.92. The predicted molar refractivity (Wildman–Crippen MR) is 116 cm³/mol. The van der Waals surface area contributed by atoms with Crippen LogP contribution in [0.1, 0.15) is 12.0 Å². The van der Waals surface area contributed by atoms with Crippen molar-refractivity contribution in [2.75, 3.05) is 4.90 Å². The van der Waals surface area contributed by atoms with Crippen LogP contribution in [0.2, 0.25) is 0 Å². The smallest absolute Gasteiger partial charge is 0.238 e. The van der Waals surface area contributed by atoms with Gasteiger partial charge in [0.1, 0.15) is 5.82 Å². The lowest BCUT2D eigenvalue weighted by atomic mass is 9.85. The van der Waals surface area contributed by atoms with Gasteiger partial charge in [0.2, 0.25) is 11.8 Å². The lowest BCUT2D eigenvalue weighted by molar-refractivity contribution is -0.123. The van der Waals surface area contributed by atoms with Crippen molar-refractivity contribution < 1.29 is 14.0 Å². The number of amides is 2. The van der Waals surface area contributed by atoms with Crippen LogP contribution in [0.25, 0.3) is 10.2 Å². The number of thiazole rings is 1. The van der Waals surface area contributed by atoms with E-state index in [0.717, 1.165) is 26.5 Å². The van der Waals surface area contributed by atoms with Crippen molar-refractivity contribution in [1.82, 2.24) is 4.98 Å². The van der Waals surface area contributed by atoms with Crippen LogP contribution in [0.5, 0.6) is 0 Å². The van der Waals surface area contributed by atoms with Crippen molar-refractivity contribution in [3.8, 4) is 0 Å². The molecule has 2 fully saturated rings. The van der Waals surface area contributed by atoms with Crippen molar-refractivity contribution in [3.63, 3.8) is 0 Å². The number of fused-ring (bicyclic) bond motifs is 6. The number of anilines is 1. The van der Waals surface area contributed by atoms with Crippen LogP contribution in [0.4, 0.5) is 10.1 Å². The third-order valence-electron chi connectivity index (χ3n) is 6.33. The molecule has 2 aromatic carbocycles. The maximum Gasteiger partial charge on any atom is 0.238 e. The van der Waals surface area contributed by atoms with E-state index in [1.165, 1.54) is 28.4 Å². The second-order valence-electron chi connectivity index (χ2n) is 8.06. The van der Waals surface area contributed by atoms with Crippen molar-refractivity contribution in [2.45, 2.75) is 16.5 Å². The number of nitrogens with zero attached hydrogens (tertiary/aromatic N) is 2. The van der Waals surface area contributed by atoms with Crippen LogP contribution in [0.15, 0.2) is 59.0 Å². The number of aromatic nitrogens is 1. The van der Waals surface area contributed by atoms with E-state index < -0.39 is 0 Å². The number of hydrogen-bond acceptors (Lipinski definition) is 5. The van der Waals surface area contributed by atoms with Crippen LogP contribution < -0.4 is 4.90 Å². The van der Waals surface area contributed by atoms with Crippen LogP contribution in [0, 0.1) is 29.5 Å². The van der Waals surface area contributed by atoms with Crippen LogP contribution >= 0.6 is 23.1 Å². The molecular formula is C23H17FN2O2S2. The van der Waals surface area contributed by atoms with Gasteiger partial charge in [-0.05, 0) is 54.2 Å². The molecule has 2 bridgehead atoms. The normalized spacial score (nSPS) is 26.9. The van der Waals surface area contributed by atoms with Gasteiger partial charge in [-0.15, -0.1) is 11.3 Å². The summed E-state index contributed by atoms with van der Waals surface area (Å²) in [6.45, 7) is 0. The minimum Gasteiger partial charge on any atom is -0.274 e. The molecule has 1 saturated carbocycles. The molecule has 4 nitrogen and oxygen atoms in total. The molecule has 0 unspecified atom stereocenters. The van der Waals surface area contributed by atoms with Gasteiger partial charge in [-0.1, -0.05) is 36.0 Å². The SMILES string of the molecule is O=C1[C@H]2[C@H](C(=O)N1c1ccc3nc(SCc4cccc(F)c4)sc3c1)[C@H]1C=C[C@H]2C1. The fourth-order valence-corrected chi connectivity index (χ4v) is 7.07. The molecule has 2 amide bonds. The van der Waals surface area contributed by atoms with Gasteiger partial charge in [-0.25, -0.2) is 14.3 Å². The van der Waals surface area contributed by atoms with Gasteiger partial charge < -0.3 is 0 Å². The second kappa shape index (κ2) is 6.75. The molecule has 30 heavy (non-hydrogen) atoms. The highest BCUT2D eigenvalue weighted by molar-refractivity contribution is 8.00. The number of rotatable bonds is 4. The van der Waals surface area contributed by atoms with Gasteiger partial charge in [-0.3, -0.25) is 9.59 Å². The average molecular weight is 437 g/mol. The molecule has 3 aromatic rings. The standard InChI is InChI=1S/C23H17FN2O2S2/c24-15-3-1-2-12(8-15)11-29-23-25-17-7-6-16(10-18(17)30-23)26-21(27)19-13-4-5-14(9-13)20(19)22(26)28/h1-8,10,13-14,19-20H,9,11H2/t13-,14-,19+,20+/m0/s1. The first kappa shape index (κ1) is 18.3. The van der Waals surface area contributed by atoms with Gasteiger partial charge in [-0.2, -0.15) is 0 Å². The molecule has 7 heteroatoms. The molecule has 0 spiro atoms. The summed E-state index contributed by atoms with van der Waals surface area (Å²) in [5.74, 6) is 0.295. The molecular weight excluding hydrogens is 419 g/mol. The largest absolute Gasteiger partial charge is 0.274 e. The number of benzene rings is 2. The van der Waals surface area contributed by atoms with Crippen molar-refractivity contribution >= 4 is 50.8 Å². The van der Waals surface area contributed by atoms with Gasteiger partial charge >= 0.3 is 0 Å². The third kappa shape index (κ3) is 2.76. The fourth-order valence-electron chi connectivity index (χ4n) is 5.02. The van der Waals surface area contributed by atoms with Crippen molar-refractivity contribution in [2.24, 2.45) is 23.7 Å². The van der Waals surface area contributed by atoms with E-state index in [0.29, 0.717) is 11.4 Å². The van der Waals surface area contributed by atoms with Crippen molar-refractivity contribution in [1.29, 1.82) is 0 Å². The second-order valence-corrected chi connectivity index (χ2v) is 10.3. The fraction of sp³-hybridized carbons (Fsp3) is 0.261. The zero-order chi connectivity index (χ0) is 20.4. The van der Waals surface area contributed by atoms with Crippen LogP contribution in [-0.2, 0) is 15.3 Å². The Hall–Kier alpha value is -2.51. The zero-order valence-corrected chi connectivity index (χ0v) is 17.5. The first-order valence-corrected chi connectivity index (χ1v) is 11.7. The molecule has 1 aromatic heterocycles. The Labute approximate surface area is 180 Å². The summed E-state index contributed by atoms with van der Waals surface area (Å²) < 4.78 is 15.2. The van der Waals surface area contributed by atoms with E-state index in [1.54, 1.807) is 17.8 Å². The highest BCUT2D eigenvalue weighted by Gasteiger charge is 2.59. The van der Waals surface area contributed by atoms with E-state index in [1.807, 2.05) is 24.3 Å². The predicted octanol–water partition coefficient (Wildman–Crippen LogP) is 5.04. The van der Waals surface area contributed by atoms with E-state index in [-0.39, 0.29) is 41.3 Å². The lowest BCUT2D eigenvalue weighted by Crippen LogP contribution is -2.32. The van der Waals surface area contributed by atoms with E-state index in [4.69, 9.17) is 0 Å². The summed E-state index contributed by atoms with van der Waals surface area (Å²) in [5, 5.41) is 0. The number of hydrogen-bond donors (Lipinski definition) is 0. The summed E-state index contributed by atoms with van der Waals surface area (Å²) in [4.78, 5) is 32.1. The maximum absolute atomic E-state index is 13.4. The number of carbonyl (C=O) groups excluding carboxylic acids is 2. The summed E-state index contributed by atoms with van der Waals surface area (Å²) in [6.07, 6.45) is 5.14. The minimum atomic E-state index is -0.240.